The van der Waals surface area contributed by atoms with Crippen molar-refractivity contribution in [2.75, 3.05) is 42.2 Å². The lowest BCUT2D eigenvalue weighted by molar-refractivity contribution is -0.121. The molecule has 2 aromatic carbocycles. The van der Waals surface area contributed by atoms with Crippen LogP contribution in [0.3, 0.4) is 0 Å². The lowest BCUT2D eigenvalue weighted by Gasteiger charge is -2.33. The number of sulfonamides is 1. The Morgan fingerprint density at radius 3 is 2.44 bits per heavy atom. The van der Waals surface area contributed by atoms with E-state index in [1.54, 1.807) is 31.4 Å². The number of rotatable bonds is 10. The third-order valence-electron chi connectivity index (χ3n) is 6.32. The molecule has 0 bridgehead atoms. The summed E-state index contributed by atoms with van der Waals surface area (Å²) in [6.45, 7) is 6.68. The highest BCUT2D eigenvalue weighted by molar-refractivity contribution is 7.92. The summed E-state index contributed by atoms with van der Waals surface area (Å²) < 4.78 is 31.0. The third kappa shape index (κ3) is 7.13. The van der Waals surface area contributed by atoms with E-state index >= 15 is 0 Å². The quantitative estimate of drug-likeness (QED) is 0.539. The Morgan fingerprint density at radius 1 is 1.18 bits per heavy atom. The van der Waals surface area contributed by atoms with Crippen molar-refractivity contribution in [2.45, 2.75) is 45.6 Å². The van der Waals surface area contributed by atoms with E-state index in [4.69, 9.17) is 4.74 Å². The largest absolute Gasteiger partial charge is 0.497 e. The molecule has 0 aliphatic carbocycles. The van der Waals surface area contributed by atoms with E-state index in [0.717, 1.165) is 24.6 Å². The summed E-state index contributed by atoms with van der Waals surface area (Å²) in [5.41, 5.74) is 2.84. The van der Waals surface area contributed by atoms with Crippen LogP contribution >= 0.6 is 0 Å². The first-order chi connectivity index (χ1) is 16.2. The molecule has 1 amide bonds. The summed E-state index contributed by atoms with van der Waals surface area (Å²) in [5.74, 6) is 1.28. The molecule has 0 spiro atoms. The van der Waals surface area contributed by atoms with E-state index in [0.29, 0.717) is 17.9 Å². The van der Waals surface area contributed by atoms with Crippen molar-refractivity contribution in [1.82, 2.24) is 5.32 Å². The number of amides is 1. The highest BCUT2D eigenvalue weighted by Crippen LogP contribution is 2.25. The van der Waals surface area contributed by atoms with Gasteiger partial charge in [-0.1, -0.05) is 19.1 Å². The molecule has 2 atom stereocenters. The Balaban J connectivity index is 1.51. The van der Waals surface area contributed by atoms with Gasteiger partial charge in [-0.3, -0.25) is 9.10 Å². The Labute approximate surface area is 204 Å². The maximum absolute atomic E-state index is 12.5. The summed E-state index contributed by atoms with van der Waals surface area (Å²) in [4.78, 5) is 15.0. The van der Waals surface area contributed by atoms with Gasteiger partial charge in [0.15, 0.2) is 0 Å². The van der Waals surface area contributed by atoms with Gasteiger partial charge in [-0.2, -0.15) is 0 Å². The molecular formula is C26H37N3O4S. The zero-order valence-electron chi connectivity index (χ0n) is 20.7. The topological polar surface area (TPSA) is 79.0 Å². The predicted molar refractivity (Wildman–Crippen MR) is 138 cm³/mol. The van der Waals surface area contributed by atoms with Crippen LogP contribution in [0.1, 0.15) is 51.1 Å². The number of benzene rings is 2. The SMILES string of the molecule is COc1ccc(N(CCCC(=O)N[C@H](C)c2ccc(N3CCC[C@@H](C)C3)cc2)S(C)(=O)=O)cc1. The van der Waals surface area contributed by atoms with Crippen molar-refractivity contribution < 1.29 is 17.9 Å². The fourth-order valence-corrected chi connectivity index (χ4v) is 5.38. The van der Waals surface area contributed by atoms with Crippen LogP contribution in [0.4, 0.5) is 11.4 Å². The van der Waals surface area contributed by atoms with Crippen LogP contribution < -0.4 is 19.3 Å². The van der Waals surface area contributed by atoms with Crippen molar-refractivity contribution in [2.24, 2.45) is 5.92 Å². The van der Waals surface area contributed by atoms with Crippen LogP contribution in [-0.2, 0) is 14.8 Å². The number of hydrogen-bond acceptors (Lipinski definition) is 5. The molecule has 186 valence electrons. The van der Waals surface area contributed by atoms with Gasteiger partial charge in [0, 0.05) is 31.7 Å². The Bertz CT molecular complexity index is 1040. The Hall–Kier alpha value is -2.74. The highest BCUT2D eigenvalue weighted by Gasteiger charge is 2.19. The van der Waals surface area contributed by atoms with Gasteiger partial charge in [-0.25, -0.2) is 8.42 Å². The number of nitrogens with one attached hydrogen (secondary N) is 1. The normalized spacial score (nSPS) is 17.2. The standard InChI is InChI=1S/C26H37N3O4S/c1-20-7-5-17-28(19-20)23-11-9-22(10-12-23)21(2)27-26(30)8-6-18-29(34(4,31)32)24-13-15-25(33-3)16-14-24/h9-16,20-21H,5-8,17-19H2,1-4H3,(H,27,30)/t20-,21-/m1/s1. The number of carbonyl (C=O) groups excluding carboxylic acids is 1. The zero-order chi connectivity index (χ0) is 24.7. The summed E-state index contributed by atoms with van der Waals surface area (Å²) in [7, 11) is -1.90. The average molecular weight is 488 g/mol. The van der Waals surface area contributed by atoms with Gasteiger partial charge < -0.3 is 15.0 Å². The average Bonchev–Trinajstić information content (AvgIpc) is 2.81. The van der Waals surface area contributed by atoms with Crippen molar-refractivity contribution in [1.29, 1.82) is 0 Å². The molecule has 2 aromatic rings. The van der Waals surface area contributed by atoms with Crippen molar-refractivity contribution in [3.05, 3.63) is 54.1 Å². The number of nitrogens with zero attached hydrogens (tertiary/aromatic N) is 2. The molecule has 0 unspecified atom stereocenters. The molecule has 1 aliphatic rings. The fourth-order valence-electron chi connectivity index (χ4n) is 4.41. The van der Waals surface area contributed by atoms with Crippen LogP contribution in [0.2, 0.25) is 0 Å². The molecule has 1 saturated heterocycles. The second-order valence-corrected chi connectivity index (χ2v) is 11.1. The molecule has 8 heteroatoms. The van der Waals surface area contributed by atoms with Gasteiger partial charge in [-0.05, 0) is 74.1 Å². The van der Waals surface area contributed by atoms with Gasteiger partial charge in [0.05, 0.1) is 25.1 Å². The predicted octanol–water partition coefficient (Wildman–Crippen LogP) is 4.36. The zero-order valence-corrected chi connectivity index (χ0v) is 21.5. The summed E-state index contributed by atoms with van der Waals surface area (Å²) in [6, 6.07) is 15.2. The number of methoxy groups -OCH3 is 1. The van der Waals surface area contributed by atoms with E-state index in [9.17, 15) is 13.2 Å². The number of ether oxygens (including phenoxy) is 1. The van der Waals surface area contributed by atoms with E-state index < -0.39 is 10.0 Å². The summed E-state index contributed by atoms with van der Waals surface area (Å²) in [5, 5.41) is 3.03. The lowest BCUT2D eigenvalue weighted by atomic mass is 9.99. The van der Waals surface area contributed by atoms with E-state index in [2.05, 4.69) is 41.4 Å². The smallest absolute Gasteiger partial charge is 0.232 e. The van der Waals surface area contributed by atoms with Gasteiger partial charge in [0.1, 0.15) is 5.75 Å². The number of carbonyl (C=O) groups is 1. The second kappa shape index (κ2) is 11.6. The molecule has 0 radical (unpaired) electrons. The highest BCUT2D eigenvalue weighted by atomic mass is 32.2. The molecule has 1 N–H and O–H groups in total. The minimum Gasteiger partial charge on any atom is -0.497 e. The molecule has 3 rings (SSSR count). The molecule has 1 aliphatic heterocycles. The van der Waals surface area contributed by atoms with Gasteiger partial charge >= 0.3 is 0 Å². The van der Waals surface area contributed by atoms with Crippen molar-refractivity contribution in [3.8, 4) is 5.75 Å². The van der Waals surface area contributed by atoms with E-state index in [1.807, 2.05) is 6.92 Å². The van der Waals surface area contributed by atoms with Crippen LogP contribution in [0.5, 0.6) is 5.75 Å². The fraction of sp³-hybridized carbons (Fsp3) is 0.500. The van der Waals surface area contributed by atoms with Gasteiger partial charge in [0.2, 0.25) is 15.9 Å². The Kier molecular flexibility index (Phi) is 8.83. The van der Waals surface area contributed by atoms with Crippen LogP contribution in [0, 0.1) is 5.92 Å². The van der Waals surface area contributed by atoms with Crippen molar-refractivity contribution in [3.63, 3.8) is 0 Å². The molecular weight excluding hydrogens is 450 g/mol. The van der Waals surface area contributed by atoms with Gasteiger partial charge in [-0.15, -0.1) is 0 Å². The van der Waals surface area contributed by atoms with Crippen LogP contribution in [0.25, 0.3) is 0 Å². The number of piperidine rings is 1. The Morgan fingerprint density at radius 2 is 1.85 bits per heavy atom. The first kappa shape index (κ1) is 25.9. The summed E-state index contributed by atoms with van der Waals surface area (Å²) >= 11 is 0. The van der Waals surface area contributed by atoms with Crippen LogP contribution in [0.15, 0.2) is 48.5 Å². The molecule has 34 heavy (non-hydrogen) atoms. The van der Waals surface area contributed by atoms with Gasteiger partial charge in [0.25, 0.3) is 0 Å². The third-order valence-corrected chi connectivity index (χ3v) is 7.51. The molecule has 0 aromatic heterocycles. The number of hydrogen-bond donors (Lipinski definition) is 1. The second-order valence-electron chi connectivity index (χ2n) is 9.21. The number of anilines is 2. The molecule has 7 nitrogen and oxygen atoms in total. The maximum Gasteiger partial charge on any atom is 0.232 e. The maximum atomic E-state index is 12.5. The van der Waals surface area contributed by atoms with Crippen molar-refractivity contribution >= 4 is 27.3 Å². The minimum atomic E-state index is -3.46. The molecule has 0 saturated carbocycles. The van der Waals surface area contributed by atoms with E-state index in [1.165, 1.54) is 29.1 Å². The first-order valence-corrected chi connectivity index (χ1v) is 13.8. The minimum absolute atomic E-state index is 0.0930. The summed E-state index contributed by atoms with van der Waals surface area (Å²) in [6.07, 6.45) is 4.36. The molecule has 1 heterocycles. The molecule has 1 fully saturated rings. The van der Waals surface area contributed by atoms with E-state index in [-0.39, 0.29) is 24.9 Å². The first-order valence-electron chi connectivity index (χ1n) is 11.9. The monoisotopic (exact) mass is 487 g/mol. The van der Waals surface area contributed by atoms with Crippen LogP contribution in [-0.4, -0.2) is 47.3 Å². The lowest BCUT2D eigenvalue weighted by Crippen LogP contribution is -2.34.